The third-order valence-corrected chi connectivity index (χ3v) is 4.50. The van der Waals surface area contributed by atoms with E-state index in [2.05, 4.69) is 28.9 Å². The molecule has 3 heteroatoms. The number of alkyl halides is 1. The fourth-order valence-electron chi connectivity index (χ4n) is 2.59. The maximum atomic E-state index is 12.4. The average molecular weight is 310 g/mol. The summed E-state index contributed by atoms with van der Waals surface area (Å²) in [5.74, 6) is 0.781. The molecule has 2 rings (SSSR count). The standard InChI is InChI=1S/C15H20BrNO/c1-2-5-12(10-16)11-17-9-8-13-6-3-4-7-14(13)15(17)18/h3-4,6-7,12H,2,5,8-11H2,1H3. The normalized spacial score (nSPS) is 16.6. The second kappa shape index (κ2) is 6.37. The summed E-state index contributed by atoms with van der Waals surface area (Å²) in [5.41, 5.74) is 2.10. The number of carbonyl (C=O) groups is 1. The van der Waals surface area contributed by atoms with Crippen molar-refractivity contribution in [3.8, 4) is 0 Å². The molecule has 98 valence electrons. The Morgan fingerprint density at radius 2 is 2.17 bits per heavy atom. The predicted octanol–water partition coefficient (Wildman–Crippen LogP) is 3.50. The van der Waals surface area contributed by atoms with Gasteiger partial charge in [-0.2, -0.15) is 0 Å². The summed E-state index contributed by atoms with van der Waals surface area (Å²) in [6.07, 6.45) is 3.34. The van der Waals surface area contributed by atoms with Crippen LogP contribution in [-0.2, 0) is 6.42 Å². The molecule has 0 saturated heterocycles. The summed E-state index contributed by atoms with van der Waals surface area (Å²) in [6, 6.07) is 7.99. The first-order chi connectivity index (χ1) is 8.76. The van der Waals surface area contributed by atoms with Crippen LogP contribution in [0.3, 0.4) is 0 Å². The fourth-order valence-corrected chi connectivity index (χ4v) is 3.11. The van der Waals surface area contributed by atoms with Gasteiger partial charge < -0.3 is 4.90 Å². The molecule has 0 aromatic heterocycles. The lowest BCUT2D eigenvalue weighted by Gasteiger charge is -2.31. The van der Waals surface area contributed by atoms with Crippen LogP contribution in [0.15, 0.2) is 24.3 Å². The van der Waals surface area contributed by atoms with Gasteiger partial charge in [0, 0.05) is 24.0 Å². The van der Waals surface area contributed by atoms with Crippen LogP contribution in [0, 0.1) is 5.92 Å². The van der Waals surface area contributed by atoms with Crippen LogP contribution in [0.25, 0.3) is 0 Å². The van der Waals surface area contributed by atoms with Gasteiger partial charge in [-0.25, -0.2) is 0 Å². The Hall–Kier alpha value is -0.830. The van der Waals surface area contributed by atoms with Gasteiger partial charge in [-0.3, -0.25) is 4.79 Å². The highest BCUT2D eigenvalue weighted by Crippen LogP contribution is 2.21. The maximum Gasteiger partial charge on any atom is 0.254 e. The molecule has 1 aliphatic rings. The molecule has 1 unspecified atom stereocenters. The molecule has 1 atom stereocenters. The van der Waals surface area contributed by atoms with E-state index in [4.69, 9.17) is 0 Å². The number of nitrogens with zero attached hydrogens (tertiary/aromatic N) is 1. The third-order valence-electron chi connectivity index (χ3n) is 3.58. The van der Waals surface area contributed by atoms with Crippen molar-refractivity contribution in [3.63, 3.8) is 0 Å². The molecule has 2 nitrogen and oxygen atoms in total. The van der Waals surface area contributed by atoms with Gasteiger partial charge in [-0.05, 0) is 30.4 Å². The lowest BCUT2D eigenvalue weighted by atomic mass is 9.97. The van der Waals surface area contributed by atoms with Gasteiger partial charge in [0.2, 0.25) is 0 Å². The first-order valence-corrected chi connectivity index (χ1v) is 7.81. The Kier molecular flexibility index (Phi) is 4.81. The van der Waals surface area contributed by atoms with Crippen LogP contribution in [0.1, 0.15) is 35.7 Å². The van der Waals surface area contributed by atoms with Gasteiger partial charge in [-0.1, -0.05) is 47.5 Å². The van der Waals surface area contributed by atoms with Crippen LogP contribution in [0.2, 0.25) is 0 Å². The number of rotatable bonds is 5. The van der Waals surface area contributed by atoms with Crippen LogP contribution in [-0.4, -0.2) is 29.2 Å². The van der Waals surface area contributed by atoms with E-state index in [0.717, 1.165) is 30.4 Å². The molecule has 0 aliphatic carbocycles. The quantitative estimate of drug-likeness (QED) is 0.762. The summed E-state index contributed by atoms with van der Waals surface area (Å²) >= 11 is 3.56. The molecule has 0 fully saturated rings. The van der Waals surface area contributed by atoms with Crippen molar-refractivity contribution >= 4 is 21.8 Å². The van der Waals surface area contributed by atoms with Crippen molar-refractivity contribution in [2.75, 3.05) is 18.4 Å². The van der Waals surface area contributed by atoms with Crippen LogP contribution in [0.5, 0.6) is 0 Å². The molecule has 1 aliphatic heterocycles. The summed E-state index contributed by atoms with van der Waals surface area (Å²) < 4.78 is 0. The first-order valence-electron chi connectivity index (χ1n) is 6.69. The molecule has 1 amide bonds. The highest BCUT2D eigenvalue weighted by atomic mass is 79.9. The van der Waals surface area contributed by atoms with Crippen molar-refractivity contribution < 1.29 is 4.79 Å². The van der Waals surface area contributed by atoms with E-state index in [-0.39, 0.29) is 5.91 Å². The Balaban J connectivity index is 2.07. The number of hydrogen-bond acceptors (Lipinski definition) is 1. The molecule has 0 radical (unpaired) electrons. The van der Waals surface area contributed by atoms with Crippen molar-refractivity contribution in [2.24, 2.45) is 5.92 Å². The Morgan fingerprint density at radius 1 is 1.39 bits per heavy atom. The highest BCUT2D eigenvalue weighted by molar-refractivity contribution is 9.09. The smallest absolute Gasteiger partial charge is 0.254 e. The van der Waals surface area contributed by atoms with E-state index >= 15 is 0 Å². The van der Waals surface area contributed by atoms with Crippen LogP contribution in [0.4, 0.5) is 0 Å². The highest BCUT2D eigenvalue weighted by Gasteiger charge is 2.25. The number of benzene rings is 1. The van der Waals surface area contributed by atoms with E-state index in [0.29, 0.717) is 5.92 Å². The molecule has 0 spiro atoms. The Bertz CT molecular complexity index is 419. The zero-order valence-electron chi connectivity index (χ0n) is 10.9. The van der Waals surface area contributed by atoms with E-state index in [1.807, 2.05) is 23.1 Å². The number of amides is 1. The molecule has 0 bridgehead atoms. The Morgan fingerprint density at radius 3 is 2.89 bits per heavy atom. The van der Waals surface area contributed by atoms with Gasteiger partial charge >= 0.3 is 0 Å². The average Bonchev–Trinajstić information content (AvgIpc) is 2.41. The number of halogens is 1. The number of carbonyl (C=O) groups excluding carboxylic acids is 1. The zero-order valence-corrected chi connectivity index (χ0v) is 12.4. The minimum Gasteiger partial charge on any atom is -0.338 e. The molecule has 0 saturated carbocycles. The lowest BCUT2D eigenvalue weighted by Crippen LogP contribution is -2.40. The molecule has 0 N–H and O–H groups in total. The fraction of sp³-hybridized carbons (Fsp3) is 0.533. The van der Waals surface area contributed by atoms with Gasteiger partial charge in [0.05, 0.1) is 0 Å². The summed E-state index contributed by atoms with van der Waals surface area (Å²) in [7, 11) is 0. The maximum absolute atomic E-state index is 12.4. The van der Waals surface area contributed by atoms with Gasteiger partial charge in [-0.15, -0.1) is 0 Å². The van der Waals surface area contributed by atoms with Crippen molar-refractivity contribution in [3.05, 3.63) is 35.4 Å². The first kappa shape index (κ1) is 13.6. The number of fused-ring (bicyclic) bond motifs is 1. The molecule has 1 heterocycles. The van der Waals surface area contributed by atoms with E-state index in [1.54, 1.807) is 0 Å². The Labute approximate surface area is 117 Å². The molecular formula is C15H20BrNO. The topological polar surface area (TPSA) is 20.3 Å². The third kappa shape index (κ3) is 2.94. The van der Waals surface area contributed by atoms with Gasteiger partial charge in [0.1, 0.15) is 0 Å². The summed E-state index contributed by atoms with van der Waals surface area (Å²) in [4.78, 5) is 14.4. The predicted molar refractivity (Wildman–Crippen MR) is 78.2 cm³/mol. The molecule has 18 heavy (non-hydrogen) atoms. The van der Waals surface area contributed by atoms with Gasteiger partial charge in [0.25, 0.3) is 5.91 Å². The van der Waals surface area contributed by atoms with Crippen LogP contribution >= 0.6 is 15.9 Å². The zero-order chi connectivity index (χ0) is 13.0. The molecule has 1 aromatic rings. The van der Waals surface area contributed by atoms with E-state index < -0.39 is 0 Å². The second-order valence-corrected chi connectivity index (χ2v) is 5.61. The SMILES string of the molecule is CCCC(CBr)CN1CCc2ccccc2C1=O. The monoisotopic (exact) mass is 309 g/mol. The van der Waals surface area contributed by atoms with Crippen molar-refractivity contribution in [1.29, 1.82) is 0 Å². The lowest BCUT2D eigenvalue weighted by molar-refractivity contribution is 0.0714. The summed E-state index contributed by atoms with van der Waals surface area (Å²) in [6.45, 7) is 3.94. The minimum absolute atomic E-state index is 0.207. The van der Waals surface area contributed by atoms with Crippen molar-refractivity contribution in [2.45, 2.75) is 26.2 Å². The van der Waals surface area contributed by atoms with Gasteiger partial charge in [0.15, 0.2) is 0 Å². The molecular weight excluding hydrogens is 290 g/mol. The van der Waals surface area contributed by atoms with E-state index in [1.165, 1.54) is 18.4 Å². The van der Waals surface area contributed by atoms with Crippen LogP contribution < -0.4 is 0 Å². The second-order valence-electron chi connectivity index (χ2n) is 4.97. The minimum atomic E-state index is 0.207. The largest absolute Gasteiger partial charge is 0.338 e. The summed E-state index contributed by atoms with van der Waals surface area (Å²) in [5, 5.41) is 0.978. The number of hydrogen-bond donors (Lipinski definition) is 0. The van der Waals surface area contributed by atoms with E-state index in [9.17, 15) is 4.79 Å². The molecule has 1 aromatic carbocycles. The van der Waals surface area contributed by atoms with Crippen molar-refractivity contribution in [1.82, 2.24) is 4.90 Å².